The van der Waals surface area contributed by atoms with Gasteiger partial charge in [-0.05, 0) is 49.2 Å². The third-order valence-electron chi connectivity index (χ3n) is 7.80. The zero-order valence-electron chi connectivity index (χ0n) is 22.6. The van der Waals surface area contributed by atoms with Gasteiger partial charge in [-0.1, -0.05) is 60.2 Å². The number of piperazine rings is 1. The van der Waals surface area contributed by atoms with Gasteiger partial charge in [-0.3, -0.25) is 9.30 Å². The zero-order valence-corrected chi connectivity index (χ0v) is 22.6. The van der Waals surface area contributed by atoms with E-state index in [-0.39, 0.29) is 0 Å². The molecule has 196 valence electrons. The van der Waals surface area contributed by atoms with Crippen LogP contribution in [0.25, 0.3) is 16.7 Å². The molecule has 0 spiro atoms. The maximum absolute atomic E-state index is 10.2. The zero-order chi connectivity index (χ0) is 26.8. The second-order valence-electron chi connectivity index (χ2n) is 10.3. The predicted molar refractivity (Wildman–Crippen MR) is 157 cm³/mol. The van der Waals surface area contributed by atoms with E-state index in [4.69, 9.17) is 9.72 Å². The van der Waals surface area contributed by atoms with Gasteiger partial charge >= 0.3 is 0 Å². The SMILES string of the molecule is Cc1ccc(OCCN2CCN(c3c(Cc4ccccc4)c(C)c(C#N)c4nc5ccccc5n34)CC2)cc1. The van der Waals surface area contributed by atoms with Gasteiger partial charge in [0.05, 0.1) is 16.6 Å². The lowest BCUT2D eigenvalue weighted by atomic mass is 9.97. The third-order valence-corrected chi connectivity index (χ3v) is 7.80. The van der Waals surface area contributed by atoms with Gasteiger partial charge in [-0.25, -0.2) is 4.98 Å². The summed E-state index contributed by atoms with van der Waals surface area (Å²) in [7, 11) is 0. The van der Waals surface area contributed by atoms with Gasteiger partial charge in [0.2, 0.25) is 0 Å². The van der Waals surface area contributed by atoms with Crippen LogP contribution in [0.15, 0.2) is 78.9 Å². The van der Waals surface area contributed by atoms with Crippen molar-refractivity contribution in [2.24, 2.45) is 0 Å². The minimum atomic E-state index is 0.660. The van der Waals surface area contributed by atoms with Crippen molar-refractivity contribution in [3.05, 3.63) is 107 Å². The topological polar surface area (TPSA) is 56.8 Å². The number of aryl methyl sites for hydroxylation is 1. The number of rotatable bonds is 7. The van der Waals surface area contributed by atoms with Gasteiger partial charge in [0.25, 0.3) is 0 Å². The molecule has 2 aromatic heterocycles. The standard InChI is InChI=1S/C33H33N5O/c1-24-12-14-27(15-13-24)39-21-20-36-16-18-37(19-17-36)33-28(22-26-8-4-3-5-9-26)25(2)29(23-34)32-35-30-10-6-7-11-31(30)38(32)33/h3-15H,16-22H2,1-2H3. The average molecular weight is 516 g/mol. The Morgan fingerprint density at radius 1 is 0.872 bits per heavy atom. The van der Waals surface area contributed by atoms with Crippen molar-refractivity contribution < 1.29 is 4.74 Å². The quantitative estimate of drug-likeness (QED) is 0.276. The number of hydrogen-bond acceptors (Lipinski definition) is 5. The van der Waals surface area contributed by atoms with E-state index < -0.39 is 0 Å². The van der Waals surface area contributed by atoms with Gasteiger partial charge in [0.1, 0.15) is 24.2 Å². The van der Waals surface area contributed by atoms with E-state index in [1.165, 1.54) is 16.7 Å². The van der Waals surface area contributed by atoms with Crippen molar-refractivity contribution in [2.45, 2.75) is 20.3 Å². The highest BCUT2D eigenvalue weighted by Crippen LogP contribution is 2.35. The second-order valence-corrected chi connectivity index (χ2v) is 10.3. The number of benzene rings is 3. The van der Waals surface area contributed by atoms with Crippen LogP contribution in [0.1, 0.15) is 27.8 Å². The summed E-state index contributed by atoms with van der Waals surface area (Å²) >= 11 is 0. The van der Waals surface area contributed by atoms with E-state index in [1.807, 2.05) is 30.3 Å². The van der Waals surface area contributed by atoms with Crippen LogP contribution < -0.4 is 9.64 Å². The molecule has 0 atom stereocenters. The minimum Gasteiger partial charge on any atom is -0.492 e. The first-order valence-electron chi connectivity index (χ1n) is 13.7. The highest BCUT2D eigenvalue weighted by Gasteiger charge is 2.27. The average Bonchev–Trinajstić information content (AvgIpc) is 3.35. The number of pyridine rings is 1. The van der Waals surface area contributed by atoms with Crippen LogP contribution in [0.5, 0.6) is 5.75 Å². The highest BCUT2D eigenvalue weighted by atomic mass is 16.5. The number of ether oxygens (including phenoxy) is 1. The Balaban J connectivity index is 1.32. The number of fused-ring (bicyclic) bond motifs is 3. The number of para-hydroxylation sites is 2. The molecule has 0 saturated carbocycles. The molecule has 5 aromatic rings. The largest absolute Gasteiger partial charge is 0.492 e. The number of anilines is 1. The van der Waals surface area contributed by atoms with Crippen LogP contribution in [0.4, 0.5) is 5.82 Å². The van der Waals surface area contributed by atoms with E-state index in [1.54, 1.807) is 0 Å². The molecule has 0 radical (unpaired) electrons. The molecular formula is C33H33N5O. The van der Waals surface area contributed by atoms with Crippen LogP contribution >= 0.6 is 0 Å². The number of imidazole rings is 1. The number of nitrogens with zero attached hydrogens (tertiary/aromatic N) is 5. The van der Waals surface area contributed by atoms with Gasteiger partial charge in [0.15, 0.2) is 5.65 Å². The Labute approximate surface area is 229 Å². The molecule has 1 aliphatic rings. The molecule has 0 aliphatic carbocycles. The maximum Gasteiger partial charge on any atom is 0.157 e. The van der Waals surface area contributed by atoms with Crippen molar-refractivity contribution >= 4 is 22.5 Å². The Kier molecular flexibility index (Phi) is 6.91. The lowest BCUT2D eigenvalue weighted by Gasteiger charge is -2.37. The molecule has 39 heavy (non-hydrogen) atoms. The Morgan fingerprint density at radius 3 is 2.33 bits per heavy atom. The van der Waals surface area contributed by atoms with Crippen LogP contribution in [0.2, 0.25) is 0 Å². The Hall–Kier alpha value is -4.34. The van der Waals surface area contributed by atoms with Crippen molar-refractivity contribution in [1.82, 2.24) is 14.3 Å². The number of hydrogen-bond donors (Lipinski definition) is 0. The summed E-state index contributed by atoms with van der Waals surface area (Å²) in [6.45, 7) is 9.45. The fourth-order valence-electron chi connectivity index (χ4n) is 5.62. The Morgan fingerprint density at radius 2 is 1.59 bits per heavy atom. The van der Waals surface area contributed by atoms with Crippen LogP contribution in [-0.4, -0.2) is 53.6 Å². The third kappa shape index (κ3) is 4.94. The molecule has 1 aliphatic heterocycles. The summed E-state index contributed by atoms with van der Waals surface area (Å²) in [5.74, 6) is 2.09. The van der Waals surface area contributed by atoms with Crippen molar-refractivity contribution in [1.29, 1.82) is 5.26 Å². The van der Waals surface area contributed by atoms with Gasteiger partial charge in [0, 0.05) is 44.7 Å². The summed E-state index contributed by atoms with van der Waals surface area (Å²) in [4.78, 5) is 9.89. The molecule has 0 N–H and O–H groups in total. The first kappa shape index (κ1) is 25.0. The first-order valence-corrected chi connectivity index (χ1v) is 13.7. The summed E-state index contributed by atoms with van der Waals surface area (Å²) in [6, 6.07) is 29.5. The van der Waals surface area contributed by atoms with Crippen LogP contribution in [-0.2, 0) is 6.42 Å². The fourth-order valence-corrected chi connectivity index (χ4v) is 5.62. The monoisotopic (exact) mass is 515 g/mol. The van der Waals surface area contributed by atoms with E-state index in [0.29, 0.717) is 12.2 Å². The molecule has 6 nitrogen and oxygen atoms in total. The fraction of sp³-hybridized carbons (Fsp3) is 0.273. The summed E-state index contributed by atoms with van der Waals surface area (Å²) in [6.07, 6.45) is 0.768. The minimum absolute atomic E-state index is 0.660. The molecule has 3 aromatic carbocycles. The van der Waals surface area contributed by atoms with Gasteiger partial charge < -0.3 is 9.64 Å². The van der Waals surface area contributed by atoms with E-state index in [2.05, 4.69) is 82.6 Å². The van der Waals surface area contributed by atoms with Crippen molar-refractivity contribution in [2.75, 3.05) is 44.2 Å². The molecular weight excluding hydrogens is 482 g/mol. The van der Waals surface area contributed by atoms with Gasteiger partial charge in [-0.15, -0.1) is 0 Å². The molecule has 3 heterocycles. The Bertz CT molecular complexity index is 1640. The lowest BCUT2D eigenvalue weighted by molar-refractivity contribution is 0.200. The van der Waals surface area contributed by atoms with Crippen molar-refractivity contribution in [3.63, 3.8) is 0 Å². The van der Waals surface area contributed by atoms with E-state index in [9.17, 15) is 5.26 Å². The molecule has 0 amide bonds. The molecule has 6 heteroatoms. The maximum atomic E-state index is 10.2. The number of nitriles is 1. The molecule has 0 unspecified atom stereocenters. The summed E-state index contributed by atoms with van der Waals surface area (Å²) < 4.78 is 8.23. The van der Waals surface area contributed by atoms with E-state index in [0.717, 1.165) is 73.0 Å². The highest BCUT2D eigenvalue weighted by molar-refractivity contribution is 5.86. The normalized spacial score (nSPS) is 14.1. The van der Waals surface area contributed by atoms with E-state index >= 15 is 0 Å². The molecule has 1 fully saturated rings. The summed E-state index contributed by atoms with van der Waals surface area (Å²) in [5, 5.41) is 10.2. The van der Waals surface area contributed by atoms with Crippen molar-refractivity contribution in [3.8, 4) is 11.8 Å². The number of aromatic nitrogens is 2. The van der Waals surface area contributed by atoms with Crippen LogP contribution in [0.3, 0.4) is 0 Å². The van der Waals surface area contributed by atoms with Crippen LogP contribution in [0, 0.1) is 25.2 Å². The molecule has 0 bridgehead atoms. The second kappa shape index (κ2) is 10.8. The smallest absolute Gasteiger partial charge is 0.157 e. The first-order chi connectivity index (χ1) is 19.1. The molecule has 6 rings (SSSR count). The van der Waals surface area contributed by atoms with Gasteiger partial charge in [-0.2, -0.15) is 5.26 Å². The predicted octanol–water partition coefficient (Wildman–Crippen LogP) is 5.77. The lowest BCUT2D eigenvalue weighted by Crippen LogP contribution is -2.48. The molecule has 1 saturated heterocycles. The summed E-state index contributed by atoms with van der Waals surface area (Å²) in [5.41, 5.74) is 8.06.